The predicted octanol–water partition coefficient (Wildman–Crippen LogP) is 6.60. The van der Waals surface area contributed by atoms with Crippen molar-refractivity contribution >= 4 is 46.0 Å². The Morgan fingerprint density at radius 2 is 1.71 bits per heavy atom. The molecule has 1 aromatic heterocycles. The Labute approximate surface area is 278 Å². The van der Waals surface area contributed by atoms with Gasteiger partial charge in [0.25, 0.3) is 0 Å². The van der Waals surface area contributed by atoms with E-state index in [1.807, 2.05) is 0 Å². The average molecular weight is 722 g/mol. The van der Waals surface area contributed by atoms with E-state index >= 15 is 4.39 Å². The summed E-state index contributed by atoms with van der Waals surface area (Å²) in [5.74, 6) is -2.96. The molecule has 2 atom stereocenters. The van der Waals surface area contributed by atoms with E-state index in [-0.39, 0.29) is 66.0 Å². The van der Waals surface area contributed by atoms with Crippen molar-refractivity contribution in [2.75, 3.05) is 43.4 Å². The average Bonchev–Trinajstić information content (AvgIpc) is 3.13. The summed E-state index contributed by atoms with van der Waals surface area (Å²) >= 11 is 6.80. The van der Waals surface area contributed by atoms with E-state index < -0.39 is 75.4 Å². The Balaban J connectivity index is 1.60. The molecule has 2 saturated heterocycles. The second kappa shape index (κ2) is 11.9. The molecule has 0 unspecified atom stereocenters. The number of thioether (sulfide) groups is 1. The molecule has 48 heavy (non-hydrogen) atoms. The van der Waals surface area contributed by atoms with Crippen LogP contribution in [0.1, 0.15) is 19.4 Å². The summed E-state index contributed by atoms with van der Waals surface area (Å²) in [5, 5.41) is -0.723. The molecular weight excluding hydrogens is 694 g/mol. The first kappa shape index (κ1) is 34.5. The van der Waals surface area contributed by atoms with Gasteiger partial charge in [-0.2, -0.15) is 31.3 Å². The maximum atomic E-state index is 15.4. The highest BCUT2D eigenvalue weighted by Crippen LogP contribution is 2.52. The third-order valence-electron chi connectivity index (χ3n) is 8.97. The molecule has 2 fully saturated rings. The second-order valence-electron chi connectivity index (χ2n) is 12.7. The SMILES string of the molecule is C=CC(=O)N1[C@H](C)CN(c2nc(=O)n3c4c(c(-c5cc(Cl)c(F)cc5F)c(C(F)(F)F)cc24)SCC2(CN(CC(F)(F)F)C2)C3)C[C@@H]1C. The van der Waals surface area contributed by atoms with Crippen LogP contribution in [-0.2, 0) is 17.5 Å². The highest BCUT2D eigenvalue weighted by Gasteiger charge is 2.49. The standard InChI is InChI=1S/C31H28ClF8N5O2S/c1-4-23(46)45-15(2)8-43(9-16(45)3)27-18-5-19(31(38,39)40)24(17-6-20(32)22(34)7-21(17)33)26-25(18)44(28(47)41-27)12-29(14-48-26)10-42(11-29)13-30(35,36)37/h4-7,15-16H,1,8-14H2,2-3H3/t15-,16+. The monoisotopic (exact) mass is 721 g/mol. The molecule has 0 bridgehead atoms. The first-order valence-electron chi connectivity index (χ1n) is 14.8. The number of piperazine rings is 1. The molecule has 1 spiro atoms. The molecule has 3 aliphatic heterocycles. The lowest BCUT2D eigenvalue weighted by molar-refractivity contribution is -0.168. The van der Waals surface area contributed by atoms with Crippen molar-refractivity contribution in [3.63, 3.8) is 0 Å². The zero-order valence-corrected chi connectivity index (χ0v) is 27.1. The van der Waals surface area contributed by atoms with Crippen LogP contribution in [0.5, 0.6) is 0 Å². The largest absolute Gasteiger partial charge is 0.417 e. The highest BCUT2D eigenvalue weighted by atomic mass is 35.5. The normalized spacial score (nSPS) is 21.4. The summed E-state index contributed by atoms with van der Waals surface area (Å²) in [6, 6.07) is 0.972. The molecular formula is C31H28ClF8N5O2S. The summed E-state index contributed by atoms with van der Waals surface area (Å²) in [7, 11) is 0. The van der Waals surface area contributed by atoms with Gasteiger partial charge in [-0.3, -0.25) is 14.3 Å². The lowest BCUT2D eigenvalue weighted by Gasteiger charge is -2.50. The number of anilines is 1. The first-order valence-corrected chi connectivity index (χ1v) is 16.1. The molecule has 0 aliphatic carbocycles. The Hall–Kier alpha value is -3.37. The number of rotatable bonds is 4. The first-order chi connectivity index (χ1) is 22.3. The molecule has 0 radical (unpaired) electrons. The van der Waals surface area contributed by atoms with Gasteiger partial charge in [0, 0.05) is 83.5 Å². The lowest BCUT2D eigenvalue weighted by Crippen LogP contribution is -2.61. The molecule has 258 valence electrons. The van der Waals surface area contributed by atoms with Crippen LogP contribution in [0, 0.1) is 17.0 Å². The molecule has 7 nitrogen and oxygen atoms in total. The van der Waals surface area contributed by atoms with E-state index in [9.17, 15) is 40.3 Å². The molecule has 3 aromatic rings. The van der Waals surface area contributed by atoms with Crippen LogP contribution < -0.4 is 10.6 Å². The number of hydrogen-bond donors (Lipinski definition) is 0. The summed E-state index contributed by atoms with van der Waals surface area (Å²) in [5.41, 5.74) is -4.44. The fourth-order valence-corrected chi connectivity index (χ4v) is 8.84. The number of halogens is 9. The van der Waals surface area contributed by atoms with Gasteiger partial charge < -0.3 is 9.80 Å². The number of aromatic nitrogens is 2. The molecule has 3 aliphatic rings. The van der Waals surface area contributed by atoms with Crippen molar-refractivity contribution in [3.05, 3.63) is 63.6 Å². The smallest absolute Gasteiger partial charge is 0.352 e. The fourth-order valence-electron chi connectivity index (χ4n) is 7.23. The second-order valence-corrected chi connectivity index (χ2v) is 14.1. The lowest BCUT2D eigenvalue weighted by atomic mass is 9.81. The molecule has 4 heterocycles. The van der Waals surface area contributed by atoms with E-state index in [2.05, 4.69) is 11.6 Å². The molecule has 0 saturated carbocycles. The summed E-state index contributed by atoms with van der Waals surface area (Å²) in [4.78, 5) is 34.8. The summed E-state index contributed by atoms with van der Waals surface area (Å²) in [6.45, 7) is 5.62. The maximum Gasteiger partial charge on any atom is 0.417 e. The van der Waals surface area contributed by atoms with Crippen LogP contribution in [0.15, 0.2) is 40.5 Å². The fraction of sp³-hybridized carbons (Fsp3) is 0.452. The van der Waals surface area contributed by atoms with Gasteiger partial charge in [0.15, 0.2) is 0 Å². The van der Waals surface area contributed by atoms with Gasteiger partial charge >= 0.3 is 18.0 Å². The number of alkyl halides is 6. The number of nitrogens with zero attached hydrogens (tertiary/aromatic N) is 5. The van der Waals surface area contributed by atoms with E-state index in [4.69, 9.17) is 11.6 Å². The highest BCUT2D eigenvalue weighted by molar-refractivity contribution is 7.99. The van der Waals surface area contributed by atoms with Crippen molar-refractivity contribution in [1.29, 1.82) is 0 Å². The zero-order valence-electron chi connectivity index (χ0n) is 25.5. The number of hydrogen-bond acceptors (Lipinski definition) is 6. The van der Waals surface area contributed by atoms with Gasteiger partial charge in [0.1, 0.15) is 17.5 Å². The summed E-state index contributed by atoms with van der Waals surface area (Å²) < 4.78 is 115. The molecule has 0 N–H and O–H groups in total. The van der Waals surface area contributed by atoms with Crippen LogP contribution in [0.4, 0.5) is 40.9 Å². The Morgan fingerprint density at radius 3 is 2.29 bits per heavy atom. The minimum Gasteiger partial charge on any atom is -0.352 e. The number of benzene rings is 2. The van der Waals surface area contributed by atoms with Crippen LogP contribution in [-0.4, -0.2) is 82.0 Å². The van der Waals surface area contributed by atoms with E-state index in [1.54, 1.807) is 23.6 Å². The third-order valence-corrected chi connectivity index (χ3v) is 10.7. The molecule has 17 heteroatoms. The molecule has 2 aromatic carbocycles. The van der Waals surface area contributed by atoms with Gasteiger partial charge in [0.2, 0.25) is 5.91 Å². The van der Waals surface area contributed by atoms with Crippen LogP contribution in [0.3, 0.4) is 0 Å². The zero-order chi connectivity index (χ0) is 35.1. The number of amides is 1. The van der Waals surface area contributed by atoms with Gasteiger partial charge in [-0.1, -0.05) is 18.2 Å². The third kappa shape index (κ3) is 6.04. The van der Waals surface area contributed by atoms with Crippen molar-refractivity contribution in [3.8, 4) is 11.1 Å². The van der Waals surface area contributed by atoms with E-state index in [0.29, 0.717) is 6.07 Å². The minimum absolute atomic E-state index is 0.00565. The van der Waals surface area contributed by atoms with Crippen molar-refractivity contribution < 1.29 is 39.9 Å². The van der Waals surface area contributed by atoms with Crippen molar-refractivity contribution in [2.24, 2.45) is 5.41 Å². The Kier molecular flexibility index (Phi) is 8.55. The number of carbonyl (C=O) groups is 1. The Morgan fingerprint density at radius 1 is 1.06 bits per heavy atom. The van der Waals surface area contributed by atoms with Gasteiger partial charge in [-0.15, -0.1) is 11.8 Å². The predicted molar refractivity (Wildman–Crippen MR) is 165 cm³/mol. The number of likely N-dealkylation sites (tertiary alicyclic amines) is 1. The summed E-state index contributed by atoms with van der Waals surface area (Å²) in [6.07, 6.45) is -8.43. The Bertz CT molecular complexity index is 1880. The van der Waals surface area contributed by atoms with Crippen LogP contribution in [0.2, 0.25) is 5.02 Å². The van der Waals surface area contributed by atoms with Gasteiger partial charge in [-0.25, -0.2) is 13.6 Å². The van der Waals surface area contributed by atoms with Gasteiger partial charge in [0.05, 0.1) is 22.6 Å². The molecule has 6 rings (SSSR count). The quantitative estimate of drug-likeness (QED) is 0.172. The van der Waals surface area contributed by atoms with E-state index in [0.717, 1.165) is 39.4 Å². The minimum atomic E-state index is -5.09. The molecule has 1 amide bonds. The maximum absolute atomic E-state index is 15.4. The van der Waals surface area contributed by atoms with Crippen molar-refractivity contribution in [1.82, 2.24) is 19.4 Å². The van der Waals surface area contributed by atoms with E-state index in [1.165, 1.54) is 0 Å². The topological polar surface area (TPSA) is 61.7 Å². The van der Waals surface area contributed by atoms with Crippen LogP contribution in [0.25, 0.3) is 22.0 Å². The van der Waals surface area contributed by atoms with Gasteiger partial charge in [-0.05, 0) is 32.1 Å². The number of carbonyl (C=O) groups excluding carboxylic acids is 1. The van der Waals surface area contributed by atoms with Crippen LogP contribution >= 0.6 is 23.4 Å². The van der Waals surface area contributed by atoms with Crippen molar-refractivity contribution in [2.45, 2.75) is 49.7 Å².